The van der Waals surface area contributed by atoms with Crippen molar-refractivity contribution in [3.63, 3.8) is 0 Å². The Morgan fingerprint density at radius 1 is 1.50 bits per heavy atom. The van der Waals surface area contributed by atoms with Crippen LogP contribution in [-0.2, 0) is 4.79 Å². The van der Waals surface area contributed by atoms with Gasteiger partial charge in [0.15, 0.2) is 0 Å². The molecule has 0 unspecified atom stereocenters. The minimum absolute atomic E-state index is 0.0619. The first-order chi connectivity index (χ1) is 6.43. The Morgan fingerprint density at radius 3 is 2.57 bits per heavy atom. The van der Waals surface area contributed by atoms with E-state index in [4.69, 9.17) is 34.8 Å². The van der Waals surface area contributed by atoms with E-state index in [0.717, 1.165) is 19.3 Å². The molecule has 0 N–H and O–H groups in total. The molecule has 0 saturated carbocycles. The number of nitrogens with zero attached hydrogens (tertiary/aromatic N) is 1. The minimum Gasteiger partial charge on any atom is -0.336 e. The third-order valence-electron chi connectivity index (χ3n) is 2.29. The fourth-order valence-corrected chi connectivity index (χ4v) is 1.87. The number of carbonyl (C=O) groups is 1. The highest BCUT2D eigenvalue weighted by Gasteiger charge is 2.35. The van der Waals surface area contributed by atoms with Crippen molar-refractivity contribution in [1.82, 2.24) is 4.90 Å². The van der Waals surface area contributed by atoms with Crippen LogP contribution in [0.15, 0.2) is 12.2 Å². The molecule has 80 valence electrons. The Labute approximate surface area is 98.8 Å². The predicted octanol–water partition coefficient (Wildman–Crippen LogP) is 2.92. The highest BCUT2D eigenvalue weighted by molar-refractivity contribution is 6.76. The lowest BCUT2D eigenvalue weighted by molar-refractivity contribution is -0.130. The van der Waals surface area contributed by atoms with Crippen LogP contribution in [0.25, 0.3) is 0 Å². The molecule has 5 heteroatoms. The van der Waals surface area contributed by atoms with E-state index in [0.29, 0.717) is 0 Å². The third-order valence-corrected chi connectivity index (χ3v) is 2.77. The van der Waals surface area contributed by atoms with Gasteiger partial charge in [-0.2, -0.15) is 0 Å². The van der Waals surface area contributed by atoms with E-state index in [-0.39, 0.29) is 6.04 Å². The van der Waals surface area contributed by atoms with Gasteiger partial charge in [0.1, 0.15) is 0 Å². The molecule has 1 atom stereocenters. The molecule has 0 bridgehead atoms. The molecule has 14 heavy (non-hydrogen) atoms. The van der Waals surface area contributed by atoms with Gasteiger partial charge in [0.25, 0.3) is 9.70 Å². The van der Waals surface area contributed by atoms with Gasteiger partial charge < -0.3 is 4.90 Å². The Kier molecular flexibility index (Phi) is 4.11. The zero-order valence-electron chi connectivity index (χ0n) is 7.84. The zero-order chi connectivity index (χ0) is 10.8. The number of amides is 1. The first kappa shape index (κ1) is 12.2. The zero-order valence-corrected chi connectivity index (χ0v) is 10.1. The van der Waals surface area contributed by atoms with Crippen molar-refractivity contribution in [2.45, 2.75) is 29.1 Å². The van der Waals surface area contributed by atoms with Crippen LogP contribution < -0.4 is 0 Å². The molecule has 0 aromatic carbocycles. The van der Waals surface area contributed by atoms with Gasteiger partial charge in [0.05, 0.1) is 0 Å². The third kappa shape index (κ3) is 3.04. The van der Waals surface area contributed by atoms with E-state index < -0.39 is 9.70 Å². The fourth-order valence-electron chi connectivity index (χ4n) is 1.47. The Morgan fingerprint density at radius 2 is 2.14 bits per heavy atom. The quantitative estimate of drug-likeness (QED) is 0.522. The molecule has 1 aliphatic carbocycles. The lowest BCUT2D eigenvalue weighted by atomic mass is 10.0. The molecular formula is C9H12Cl3NO. The highest BCUT2D eigenvalue weighted by atomic mass is 35.6. The number of hydrogen-bond donors (Lipinski definition) is 0. The second-order valence-corrected chi connectivity index (χ2v) is 5.62. The van der Waals surface area contributed by atoms with Crippen LogP contribution in [-0.4, -0.2) is 27.7 Å². The monoisotopic (exact) mass is 255 g/mol. The molecule has 0 saturated heterocycles. The maximum atomic E-state index is 11.6. The van der Waals surface area contributed by atoms with Crippen molar-refractivity contribution in [2.24, 2.45) is 0 Å². The number of rotatable bonds is 1. The van der Waals surface area contributed by atoms with Crippen molar-refractivity contribution >= 4 is 40.7 Å². The van der Waals surface area contributed by atoms with Crippen LogP contribution in [0.1, 0.15) is 19.3 Å². The van der Waals surface area contributed by atoms with Gasteiger partial charge in [-0.1, -0.05) is 47.0 Å². The summed E-state index contributed by atoms with van der Waals surface area (Å²) in [6.45, 7) is 0. The van der Waals surface area contributed by atoms with E-state index in [9.17, 15) is 4.79 Å². The summed E-state index contributed by atoms with van der Waals surface area (Å²) in [5.74, 6) is -0.473. The number of halogens is 3. The van der Waals surface area contributed by atoms with Crippen molar-refractivity contribution in [1.29, 1.82) is 0 Å². The van der Waals surface area contributed by atoms with Gasteiger partial charge >= 0.3 is 0 Å². The topological polar surface area (TPSA) is 20.3 Å². The molecule has 2 nitrogen and oxygen atoms in total. The van der Waals surface area contributed by atoms with Crippen LogP contribution in [0.2, 0.25) is 0 Å². The summed E-state index contributed by atoms with van der Waals surface area (Å²) in [6, 6.07) is 0.0619. The summed E-state index contributed by atoms with van der Waals surface area (Å²) in [5, 5.41) is 0. The first-order valence-electron chi connectivity index (χ1n) is 4.43. The maximum absolute atomic E-state index is 11.6. The Balaban J connectivity index is 2.64. The largest absolute Gasteiger partial charge is 0.336 e. The van der Waals surface area contributed by atoms with E-state index in [1.54, 1.807) is 7.05 Å². The van der Waals surface area contributed by atoms with Gasteiger partial charge in [-0.3, -0.25) is 4.79 Å². The molecule has 0 aromatic heterocycles. The van der Waals surface area contributed by atoms with Crippen LogP contribution in [0.3, 0.4) is 0 Å². The Hall–Kier alpha value is 0.0800. The number of likely N-dealkylation sites (N-methyl/N-ethyl adjacent to an activating group) is 1. The standard InChI is InChI=1S/C9H12Cl3NO/c1-13(8(14)9(10,11)12)7-5-3-2-4-6-7/h3,5,7H,2,4,6H2,1H3/t7-/m1/s1. The summed E-state index contributed by atoms with van der Waals surface area (Å²) in [7, 11) is 1.66. The van der Waals surface area contributed by atoms with Crippen LogP contribution in [0.5, 0.6) is 0 Å². The van der Waals surface area contributed by atoms with Gasteiger partial charge in [-0.15, -0.1) is 0 Å². The van der Waals surface area contributed by atoms with E-state index >= 15 is 0 Å². The summed E-state index contributed by atoms with van der Waals surface area (Å²) >= 11 is 16.5. The molecule has 0 radical (unpaired) electrons. The summed E-state index contributed by atoms with van der Waals surface area (Å²) in [6.07, 6.45) is 7.10. The predicted molar refractivity (Wildman–Crippen MR) is 59.8 cm³/mol. The van der Waals surface area contributed by atoms with Crippen molar-refractivity contribution < 1.29 is 4.79 Å². The second-order valence-electron chi connectivity index (χ2n) is 3.34. The van der Waals surface area contributed by atoms with Crippen LogP contribution in [0.4, 0.5) is 0 Å². The molecule has 0 heterocycles. The summed E-state index contributed by atoms with van der Waals surface area (Å²) in [4.78, 5) is 13.0. The molecule has 1 rings (SSSR count). The van der Waals surface area contributed by atoms with Gasteiger partial charge in [-0.05, 0) is 19.3 Å². The SMILES string of the molecule is CN(C(=O)C(Cl)(Cl)Cl)[C@@H]1C=CCCC1. The summed E-state index contributed by atoms with van der Waals surface area (Å²) < 4.78 is -1.85. The van der Waals surface area contributed by atoms with E-state index in [2.05, 4.69) is 6.08 Å². The highest BCUT2D eigenvalue weighted by Crippen LogP contribution is 2.30. The normalized spacial score (nSPS) is 22.1. The number of hydrogen-bond acceptors (Lipinski definition) is 1. The first-order valence-corrected chi connectivity index (χ1v) is 5.57. The molecular weight excluding hydrogens is 244 g/mol. The smallest absolute Gasteiger partial charge is 0.274 e. The van der Waals surface area contributed by atoms with Crippen molar-refractivity contribution in [2.75, 3.05) is 7.05 Å². The lowest BCUT2D eigenvalue weighted by Crippen LogP contribution is -2.42. The average Bonchev–Trinajstić information content (AvgIpc) is 2.15. The maximum Gasteiger partial charge on any atom is 0.274 e. The molecule has 0 aliphatic heterocycles. The number of carbonyl (C=O) groups excluding carboxylic acids is 1. The van der Waals surface area contributed by atoms with Gasteiger partial charge in [0.2, 0.25) is 0 Å². The van der Waals surface area contributed by atoms with Crippen LogP contribution >= 0.6 is 34.8 Å². The lowest BCUT2D eigenvalue weighted by Gasteiger charge is -2.29. The molecule has 1 aliphatic rings. The molecule has 1 amide bonds. The second kappa shape index (κ2) is 4.73. The van der Waals surface area contributed by atoms with Gasteiger partial charge in [-0.25, -0.2) is 0 Å². The average molecular weight is 257 g/mol. The number of alkyl halides is 3. The molecule has 0 fully saturated rings. The van der Waals surface area contributed by atoms with Crippen molar-refractivity contribution in [3.05, 3.63) is 12.2 Å². The van der Waals surface area contributed by atoms with Crippen molar-refractivity contribution in [3.8, 4) is 0 Å². The molecule has 0 aromatic rings. The minimum atomic E-state index is -1.85. The fraction of sp³-hybridized carbons (Fsp3) is 0.667. The van der Waals surface area contributed by atoms with Crippen LogP contribution in [0, 0.1) is 0 Å². The van der Waals surface area contributed by atoms with Gasteiger partial charge in [0, 0.05) is 13.1 Å². The summed E-state index contributed by atoms with van der Waals surface area (Å²) in [5.41, 5.74) is 0. The Bertz CT molecular complexity index is 247. The number of allylic oxidation sites excluding steroid dienone is 1. The van der Waals surface area contributed by atoms with E-state index in [1.807, 2.05) is 6.08 Å². The van der Waals surface area contributed by atoms with E-state index in [1.165, 1.54) is 4.90 Å². The molecule has 0 spiro atoms.